The van der Waals surface area contributed by atoms with Gasteiger partial charge in [-0.05, 0) is 37.1 Å². The Balaban J connectivity index is 1.67. The first-order valence-electron chi connectivity index (χ1n) is 8.16. The normalized spacial score (nSPS) is 12.8. The van der Waals surface area contributed by atoms with Crippen molar-refractivity contribution in [2.24, 2.45) is 0 Å². The number of rotatable bonds is 5. The van der Waals surface area contributed by atoms with E-state index in [4.69, 9.17) is 4.74 Å². The van der Waals surface area contributed by atoms with Gasteiger partial charge in [0.2, 0.25) is 5.91 Å². The molecule has 124 valence electrons. The molecule has 1 aliphatic heterocycles. The van der Waals surface area contributed by atoms with Crippen molar-refractivity contribution < 1.29 is 14.3 Å². The number of para-hydroxylation sites is 1. The number of amides is 1. The second kappa shape index (κ2) is 6.87. The van der Waals surface area contributed by atoms with Gasteiger partial charge in [0, 0.05) is 25.1 Å². The first-order valence-corrected chi connectivity index (χ1v) is 8.16. The topological polar surface area (TPSA) is 46.6 Å². The van der Waals surface area contributed by atoms with E-state index in [0.29, 0.717) is 17.9 Å². The van der Waals surface area contributed by atoms with Crippen LogP contribution in [0, 0.1) is 6.92 Å². The molecule has 0 bridgehead atoms. The van der Waals surface area contributed by atoms with Gasteiger partial charge in [0.05, 0.1) is 12.7 Å². The number of carbonyl (C=O) groups excluding carboxylic acids is 2. The number of hydrogen-bond donors (Lipinski definition) is 0. The predicted octanol–water partition coefficient (Wildman–Crippen LogP) is 3.56. The number of nitrogens with zero attached hydrogens (tertiary/aromatic N) is 1. The van der Waals surface area contributed by atoms with Gasteiger partial charge >= 0.3 is 0 Å². The van der Waals surface area contributed by atoms with Crippen molar-refractivity contribution in [2.75, 3.05) is 18.6 Å². The third kappa shape index (κ3) is 3.18. The SMILES string of the molecule is COc1ccc(C)cc1C(=O)CCC(=O)N1CCc2ccccc21. The summed E-state index contributed by atoms with van der Waals surface area (Å²) in [5, 5.41) is 0. The highest BCUT2D eigenvalue weighted by Gasteiger charge is 2.24. The molecule has 0 N–H and O–H groups in total. The minimum Gasteiger partial charge on any atom is -0.496 e. The van der Waals surface area contributed by atoms with Crippen LogP contribution in [0.5, 0.6) is 5.75 Å². The summed E-state index contributed by atoms with van der Waals surface area (Å²) in [6, 6.07) is 13.4. The molecule has 2 aromatic carbocycles. The standard InChI is InChI=1S/C20H21NO3/c1-14-7-9-19(24-2)16(13-14)18(22)8-10-20(23)21-12-11-15-5-3-4-6-17(15)21/h3-7,9,13H,8,10-12H2,1-2H3. The smallest absolute Gasteiger partial charge is 0.227 e. The Morgan fingerprint density at radius 1 is 1.12 bits per heavy atom. The van der Waals surface area contributed by atoms with Crippen LogP contribution in [-0.4, -0.2) is 25.3 Å². The third-order valence-electron chi connectivity index (χ3n) is 4.41. The average molecular weight is 323 g/mol. The van der Waals surface area contributed by atoms with E-state index in [1.165, 1.54) is 5.56 Å². The molecule has 1 aliphatic rings. The minimum absolute atomic E-state index is 0.0000742. The van der Waals surface area contributed by atoms with Gasteiger partial charge in [0.1, 0.15) is 5.75 Å². The highest BCUT2D eigenvalue weighted by atomic mass is 16.5. The fourth-order valence-corrected chi connectivity index (χ4v) is 3.13. The predicted molar refractivity (Wildman–Crippen MR) is 93.8 cm³/mol. The number of anilines is 1. The summed E-state index contributed by atoms with van der Waals surface area (Å²) < 4.78 is 5.26. The summed E-state index contributed by atoms with van der Waals surface area (Å²) in [7, 11) is 1.55. The van der Waals surface area contributed by atoms with Crippen molar-refractivity contribution in [2.45, 2.75) is 26.2 Å². The number of methoxy groups -OCH3 is 1. The highest BCUT2D eigenvalue weighted by molar-refractivity contribution is 6.03. The van der Waals surface area contributed by atoms with Crippen LogP contribution in [0.2, 0.25) is 0 Å². The second-order valence-corrected chi connectivity index (χ2v) is 6.05. The number of ketones is 1. The Kier molecular flexibility index (Phi) is 4.65. The summed E-state index contributed by atoms with van der Waals surface area (Å²) >= 11 is 0. The third-order valence-corrected chi connectivity index (χ3v) is 4.41. The molecule has 0 saturated carbocycles. The van der Waals surface area contributed by atoms with Gasteiger partial charge in [-0.2, -0.15) is 0 Å². The van der Waals surface area contributed by atoms with E-state index in [2.05, 4.69) is 0 Å². The van der Waals surface area contributed by atoms with Crippen LogP contribution in [0.3, 0.4) is 0 Å². The lowest BCUT2D eigenvalue weighted by atomic mass is 10.0. The number of hydrogen-bond acceptors (Lipinski definition) is 3. The molecular formula is C20H21NO3. The Bertz CT molecular complexity index is 782. The molecule has 0 fully saturated rings. The molecule has 24 heavy (non-hydrogen) atoms. The average Bonchev–Trinajstić information content (AvgIpc) is 3.03. The monoisotopic (exact) mass is 323 g/mol. The second-order valence-electron chi connectivity index (χ2n) is 6.05. The summed E-state index contributed by atoms with van der Waals surface area (Å²) in [5.41, 5.74) is 3.71. The zero-order chi connectivity index (χ0) is 17.1. The summed E-state index contributed by atoms with van der Waals surface area (Å²) in [5.74, 6) is 0.501. The van der Waals surface area contributed by atoms with E-state index in [1.807, 2.05) is 43.3 Å². The molecule has 0 aliphatic carbocycles. The van der Waals surface area contributed by atoms with Crippen LogP contribution in [0.1, 0.15) is 34.3 Å². The fourth-order valence-electron chi connectivity index (χ4n) is 3.13. The van der Waals surface area contributed by atoms with Crippen LogP contribution in [0.25, 0.3) is 0 Å². The fraction of sp³-hybridized carbons (Fsp3) is 0.300. The van der Waals surface area contributed by atoms with Crippen LogP contribution in [0.4, 0.5) is 5.69 Å². The van der Waals surface area contributed by atoms with Crippen molar-refractivity contribution in [3.63, 3.8) is 0 Å². The van der Waals surface area contributed by atoms with E-state index >= 15 is 0 Å². The first-order chi connectivity index (χ1) is 11.6. The van der Waals surface area contributed by atoms with Gasteiger partial charge in [0.25, 0.3) is 0 Å². The number of benzene rings is 2. The number of ether oxygens (including phenoxy) is 1. The first kappa shape index (κ1) is 16.2. The lowest BCUT2D eigenvalue weighted by molar-refractivity contribution is -0.118. The van der Waals surface area contributed by atoms with Crippen molar-refractivity contribution in [1.29, 1.82) is 0 Å². The molecule has 1 heterocycles. The van der Waals surface area contributed by atoms with E-state index in [-0.39, 0.29) is 24.5 Å². The van der Waals surface area contributed by atoms with Gasteiger partial charge in [-0.15, -0.1) is 0 Å². The maximum absolute atomic E-state index is 12.5. The highest BCUT2D eigenvalue weighted by Crippen LogP contribution is 2.28. The zero-order valence-electron chi connectivity index (χ0n) is 14.0. The Morgan fingerprint density at radius 2 is 1.92 bits per heavy atom. The molecule has 4 heteroatoms. The van der Waals surface area contributed by atoms with Gasteiger partial charge in [-0.1, -0.05) is 29.8 Å². The molecular weight excluding hydrogens is 302 g/mol. The van der Waals surface area contributed by atoms with Gasteiger partial charge in [0.15, 0.2) is 5.78 Å². The van der Waals surface area contributed by atoms with Crippen LogP contribution >= 0.6 is 0 Å². The molecule has 3 rings (SSSR count). The molecule has 0 aromatic heterocycles. The van der Waals surface area contributed by atoms with Gasteiger partial charge in [-0.25, -0.2) is 0 Å². The Hall–Kier alpha value is -2.62. The van der Waals surface area contributed by atoms with E-state index < -0.39 is 0 Å². The lowest BCUT2D eigenvalue weighted by Gasteiger charge is -2.17. The maximum atomic E-state index is 12.5. The summed E-state index contributed by atoms with van der Waals surface area (Å²) in [6.45, 7) is 2.63. The van der Waals surface area contributed by atoms with Gasteiger partial charge < -0.3 is 9.64 Å². The Labute approximate surface area is 142 Å². The minimum atomic E-state index is -0.0589. The zero-order valence-corrected chi connectivity index (χ0v) is 14.0. The molecule has 0 spiro atoms. The molecule has 1 amide bonds. The molecule has 0 saturated heterocycles. The molecule has 2 aromatic rings. The van der Waals surface area contributed by atoms with Crippen molar-refractivity contribution in [3.8, 4) is 5.75 Å². The Morgan fingerprint density at radius 3 is 2.71 bits per heavy atom. The van der Waals surface area contributed by atoms with Crippen LogP contribution < -0.4 is 9.64 Å². The quantitative estimate of drug-likeness (QED) is 0.791. The van der Waals surface area contributed by atoms with Crippen LogP contribution in [-0.2, 0) is 11.2 Å². The number of carbonyl (C=O) groups is 2. The lowest BCUT2D eigenvalue weighted by Crippen LogP contribution is -2.29. The summed E-state index contributed by atoms with van der Waals surface area (Å²) in [4.78, 5) is 26.8. The van der Waals surface area contributed by atoms with E-state index in [0.717, 1.165) is 17.7 Å². The number of aryl methyl sites for hydroxylation is 1. The largest absolute Gasteiger partial charge is 0.496 e. The molecule has 0 unspecified atom stereocenters. The van der Waals surface area contributed by atoms with E-state index in [1.54, 1.807) is 18.1 Å². The molecule has 0 radical (unpaired) electrons. The van der Waals surface area contributed by atoms with Crippen LogP contribution in [0.15, 0.2) is 42.5 Å². The van der Waals surface area contributed by atoms with Crippen molar-refractivity contribution in [1.82, 2.24) is 0 Å². The number of fused-ring (bicyclic) bond motifs is 1. The molecule has 0 atom stereocenters. The maximum Gasteiger partial charge on any atom is 0.227 e. The van der Waals surface area contributed by atoms with Crippen molar-refractivity contribution in [3.05, 3.63) is 59.2 Å². The molecule has 4 nitrogen and oxygen atoms in total. The van der Waals surface area contributed by atoms with E-state index in [9.17, 15) is 9.59 Å². The summed E-state index contributed by atoms with van der Waals surface area (Å²) in [6.07, 6.45) is 1.28. The number of Topliss-reactive ketones (excluding diaryl/α,β-unsaturated/α-hetero) is 1. The van der Waals surface area contributed by atoms with Gasteiger partial charge in [-0.3, -0.25) is 9.59 Å². The van der Waals surface area contributed by atoms with Crippen molar-refractivity contribution >= 4 is 17.4 Å².